The van der Waals surface area contributed by atoms with Gasteiger partial charge in [-0.05, 0) is 74.0 Å². The van der Waals surface area contributed by atoms with Crippen molar-refractivity contribution in [2.24, 2.45) is 0 Å². The van der Waals surface area contributed by atoms with E-state index in [9.17, 15) is 19.5 Å². The number of carboxylic acids is 1. The van der Waals surface area contributed by atoms with E-state index in [1.165, 1.54) is 37.1 Å². The fourth-order valence-electron chi connectivity index (χ4n) is 3.13. The van der Waals surface area contributed by atoms with Crippen LogP contribution in [0.5, 0.6) is 11.5 Å². The van der Waals surface area contributed by atoms with Gasteiger partial charge in [-0.2, -0.15) is 0 Å². The van der Waals surface area contributed by atoms with Crippen molar-refractivity contribution in [3.8, 4) is 11.5 Å². The van der Waals surface area contributed by atoms with Gasteiger partial charge in [0, 0.05) is 0 Å². The molecule has 1 fully saturated rings. The van der Waals surface area contributed by atoms with Crippen LogP contribution >= 0.6 is 12.2 Å². The second-order valence-electron chi connectivity index (χ2n) is 7.17. The Bertz CT molecular complexity index is 1160. The third-order valence-electron chi connectivity index (χ3n) is 5.05. The van der Waals surface area contributed by atoms with E-state index < -0.39 is 23.9 Å². The number of rotatable bonds is 6. The molecule has 0 aromatic heterocycles. The third kappa shape index (κ3) is 4.47. The number of amides is 2. The zero-order valence-corrected chi connectivity index (χ0v) is 18.7. The van der Waals surface area contributed by atoms with Crippen molar-refractivity contribution in [2.45, 2.75) is 26.9 Å². The van der Waals surface area contributed by atoms with Crippen LogP contribution in [0.3, 0.4) is 0 Å². The topological polar surface area (TPSA) is 108 Å². The highest BCUT2D eigenvalue weighted by Crippen LogP contribution is 2.31. The van der Waals surface area contributed by atoms with Crippen molar-refractivity contribution in [2.75, 3.05) is 12.0 Å². The summed E-state index contributed by atoms with van der Waals surface area (Å²) in [5, 5.41) is 13.5. The van der Waals surface area contributed by atoms with Crippen LogP contribution in [-0.2, 0) is 14.4 Å². The highest BCUT2D eigenvalue weighted by Gasteiger charge is 2.35. The Morgan fingerprint density at radius 3 is 2.56 bits per heavy atom. The Labute approximate surface area is 190 Å². The maximum absolute atomic E-state index is 13.2. The normalized spacial score (nSPS) is 16.1. The first-order chi connectivity index (χ1) is 15.1. The first-order valence-corrected chi connectivity index (χ1v) is 10.1. The summed E-state index contributed by atoms with van der Waals surface area (Å²) in [6.07, 6.45) is 0.220. The first kappa shape index (κ1) is 23.0. The van der Waals surface area contributed by atoms with Gasteiger partial charge in [0.25, 0.3) is 11.8 Å². The van der Waals surface area contributed by atoms with Crippen molar-refractivity contribution in [1.82, 2.24) is 5.32 Å². The van der Waals surface area contributed by atoms with E-state index in [1.807, 2.05) is 26.0 Å². The number of thiocarbonyl (C=S) groups is 1. The Morgan fingerprint density at radius 2 is 1.91 bits per heavy atom. The molecule has 166 valence electrons. The largest absolute Gasteiger partial charge is 0.546 e. The lowest BCUT2D eigenvalue weighted by Crippen LogP contribution is -2.54. The van der Waals surface area contributed by atoms with Crippen LogP contribution in [0, 0.1) is 13.8 Å². The molecule has 3 rings (SSSR count). The number of carbonyl (C=O) groups is 3. The summed E-state index contributed by atoms with van der Waals surface area (Å²) >= 11 is 5.26. The van der Waals surface area contributed by atoms with Crippen molar-refractivity contribution >= 4 is 46.9 Å². The van der Waals surface area contributed by atoms with Gasteiger partial charge in [-0.15, -0.1) is 0 Å². The minimum absolute atomic E-state index is 0.00319. The van der Waals surface area contributed by atoms with Crippen LogP contribution in [0.1, 0.15) is 23.6 Å². The van der Waals surface area contributed by atoms with E-state index in [-0.39, 0.29) is 22.2 Å². The van der Waals surface area contributed by atoms with Gasteiger partial charge in [0.2, 0.25) is 0 Å². The SMILES string of the molecule is COc1cc(/C=C2/C(=O)NC(=S)N(c3cccc(C)c3C)C2=O)ccc1O[C@H](C)C(=O)[O-]. The zero-order chi connectivity index (χ0) is 23.6. The van der Waals surface area contributed by atoms with E-state index >= 15 is 0 Å². The maximum atomic E-state index is 13.2. The minimum atomic E-state index is -1.37. The van der Waals surface area contributed by atoms with Crippen molar-refractivity contribution in [1.29, 1.82) is 0 Å². The summed E-state index contributed by atoms with van der Waals surface area (Å²) < 4.78 is 10.6. The summed E-state index contributed by atoms with van der Waals surface area (Å²) in [6, 6.07) is 10.1. The van der Waals surface area contributed by atoms with Crippen LogP contribution < -0.4 is 24.8 Å². The molecule has 0 radical (unpaired) electrons. The second-order valence-corrected chi connectivity index (χ2v) is 7.55. The van der Waals surface area contributed by atoms with Gasteiger partial charge >= 0.3 is 0 Å². The number of nitrogens with one attached hydrogen (secondary N) is 1. The van der Waals surface area contributed by atoms with Crippen molar-refractivity contribution < 1.29 is 29.0 Å². The Morgan fingerprint density at radius 1 is 1.19 bits per heavy atom. The Hall–Kier alpha value is -3.72. The molecular formula is C23H21N2O6S-. The van der Waals surface area contributed by atoms with Gasteiger partial charge in [0.1, 0.15) is 11.7 Å². The van der Waals surface area contributed by atoms with Gasteiger partial charge < -0.3 is 19.4 Å². The molecule has 2 amide bonds. The number of hydrogen-bond donors (Lipinski definition) is 1. The Balaban J connectivity index is 1.99. The van der Waals surface area contributed by atoms with Crippen molar-refractivity contribution in [3.63, 3.8) is 0 Å². The molecule has 8 nitrogen and oxygen atoms in total. The summed E-state index contributed by atoms with van der Waals surface area (Å²) in [6.45, 7) is 5.13. The first-order valence-electron chi connectivity index (χ1n) is 9.67. The maximum Gasteiger partial charge on any atom is 0.270 e. The molecule has 0 spiro atoms. The second kappa shape index (κ2) is 9.19. The molecule has 0 bridgehead atoms. The average molecular weight is 453 g/mol. The van der Waals surface area contributed by atoms with E-state index in [2.05, 4.69) is 5.32 Å². The smallest absolute Gasteiger partial charge is 0.270 e. The molecule has 0 unspecified atom stereocenters. The monoisotopic (exact) mass is 453 g/mol. The van der Waals surface area contributed by atoms with Crippen LogP contribution in [-0.4, -0.2) is 36.1 Å². The van der Waals surface area contributed by atoms with Crippen LogP contribution in [0.25, 0.3) is 6.08 Å². The fraction of sp³-hybridized carbons (Fsp3) is 0.217. The number of aryl methyl sites for hydroxylation is 1. The molecule has 2 aromatic rings. The standard InChI is InChI=1S/C23H22N2O6S/c1-12-6-5-7-17(13(12)2)25-21(27)16(20(26)24-23(25)32)10-15-8-9-18(19(11-15)30-4)31-14(3)22(28)29/h5-11,14H,1-4H3,(H,28,29)(H,24,26,32)/p-1/b16-10-/t14-/m1/s1. The molecule has 1 aliphatic rings. The number of ether oxygens (including phenoxy) is 2. The fourth-order valence-corrected chi connectivity index (χ4v) is 3.40. The quantitative estimate of drug-likeness (QED) is 0.403. The molecule has 1 aliphatic heterocycles. The molecule has 1 N–H and O–H groups in total. The molecular weight excluding hydrogens is 432 g/mol. The molecule has 1 saturated heterocycles. The van der Waals surface area contributed by atoms with E-state index in [0.717, 1.165) is 11.1 Å². The third-order valence-corrected chi connectivity index (χ3v) is 5.34. The van der Waals surface area contributed by atoms with E-state index in [0.29, 0.717) is 11.3 Å². The molecule has 9 heteroatoms. The molecule has 1 heterocycles. The number of anilines is 1. The lowest BCUT2D eigenvalue weighted by atomic mass is 10.0. The number of benzene rings is 2. The number of hydrogen-bond acceptors (Lipinski definition) is 7. The predicted molar refractivity (Wildman–Crippen MR) is 120 cm³/mol. The summed E-state index contributed by atoms with van der Waals surface area (Å²) in [5.41, 5.74) is 2.79. The number of carbonyl (C=O) groups excluding carboxylic acids is 3. The molecule has 32 heavy (non-hydrogen) atoms. The van der Waals surface area contributed by atoms with Crippen LogP contribution in [0.15, 0.2) is 42.0 Å². The average Bonchev–Trinajstić information content (AvgIpc) is 2.74. The van der Waals surface area contributed by atoms with Gasteiger partial charge in [-0.1, -0.05) is 18.2 Å². The molecule has 2 aromatic carbocycles. The molecule has 1 atom stereocenters. The zero-order valence-electron chi connectivity index (χ0n) is 17.9. The lowest BCUT2D eigenvalue weighted by Gasteiger charge is -2.30. The van der Waals surface area contributed by atoms with E-state index in [1.54, 1.807) is 12.1 Å². The highest BCUT2D eigenvalue weighted by atomic mass is 32.1. The van der Waals surface area contributed by atoms with Gasteiger partial charge in [-0.3, -0.25) is 19.8 Å². The van der Waals surface area contributed by atoms with Gasteiger partial charge in [-0.25, -0.2) is 0 Å². The summed E-state index contributed by atoms with van der Waals surface area (Å²) in [4.78, 5) is 38.0. The van der Waals surface area contributed by atoms with Crippen LogP contribution in [0.4, 0.5) is 5.69 Å². The predicted octanol–water partition coefficient (Wildman–Crippen LogP) is 1.66. The molecule has 0 saturated carbocycles. The van der Waals surface area contributed by atoms with Crippen molar-refractivity contribution in [3.05, 3.63) is 58.7 Å². The number of methoxy groups -OCH3 is 1. The number of nitrogens with zero attached hydrogens (tertiary/aromatic N) is 1. The number of aliphatic carboxylic acids is 1. The summed E-state index contributed by atoms with van der Waals surface area (Å²) in [5.74, 6) is -2.13. The van der Waals surface area contributed by atoms with Gasteiger partial charge in [0.05, 0.1) is 18.8 Å². The minimum Gasteiger partial charge on any atom is -0.546 e. The van der Waals surface area contributed by atoms with Crippen LogP contribution in [0.2, 0.25) is 0 Å². The molecule has 0 aliphatic carbocycles. The van der Waals surface area contributed by atoms with Gasteiger partial charge in [0.15, 0.2) is 16.6 Å². The van der Waals surface area contributed by atoms with E-state index in [4.69, 9.17) is 21.7 Å². The highest BCUT2D eigenvalue weighted by molar-refractivity contribution is 7.80. The number of carboxylic acid groups (broad SMARTS) is 1. The lowest BCUT2D eigenvalue weighted by molar-refractivity contribution is -0.312. The summed E-state index contributed by atoms with van der Waals surface area (Å²) in [7, 11) is 1.39. The Kier molecular flexibility index (Phi) is 6.59.